The van der Waals surface area contributed by atoms with E-state index in [0.29, 0.717) is 35.1 Å². The van der Waals surface area contributed by atoms with E-state index >= 15 is 0 Å². The Bertz CT molecular complexity index is 1240. The van der Waals surface area contributed by atoms with Crippen molar-refractivity contribution in [2.45, 2.75) is 20.8 Å². The molecule has 2 aromatic carbocycles. The monoisotopic (exact) mass is 414 g/mol. The summed E-state index contributed by atoms with van der Waals surface area (Å²) in [5.41, 5.74) is 5.47. The van der Waals surface area contributed by atoms with Gasteiger partial charge in [-0.1, -0.05) is 17.7 Å². The van der Waals surface area contributed by atoms with Gasteiger partial charge in [-0.3, -0.25) is 0 Å². The number of nitrogens with zero attached hydrogens (tertiary/aromatic N) is 4. The highest BCUT2D eigenvalue weighted by Gasteiger charge is 2.12. The summed E-state index contributed by atoms with van der Waals surface area (Å²) in [6.07, 6.45) is 3.20. The molecular formula is C23H22N6O2. The van der Waals surface area contributed by atoms with Crippen LogP contribution in [0.15, 0.2) is 54.9 Å². The number of hydrogen-bond donors (Lipinski definition) is 2. The third kappa shape index (κ3) is 4.58. The van der Waals surface area contributed by atoms with Crippen LogP contribution >= 0.6 is 0 Å². The van der Waals surface area contributed by atoms with Crippen LogP contribution in [0.25, 0.3) is 11.2 Å². The van der Waals surface area contributed by atoms with Gasteiger partial charge in [-0.15, -0.1) is 0 Å². The summed E-state index contributed by atoms with van der Waals surface area (Å²) in [5, 5.41) is 6.51. The van der Waals surface area contributed by atoms with Crippen molar-refractivity contribution in [1.29, 1.82) is 0 Å². The maximum atomic E-state index is 11.8. The lowest BCUT2D eigenvalue weighted by molar-refractivity contribution is 0.0526. The molecule has 156 valence electrons. The molecule has 0 bridgehead atoms. The number of carbonyl (C=O) groups is 1. The molecule has 0 unspecified atom stereocenters. The first-order valence-electron chi connectivity index (χ1n) is 9.90. The summed E-state index contributed by atoms with van der Waals surface area (Å²) in [7, 11) is 0. The smallest absolute Gasteiger partial charge is 0.338 e. The zero-order valence-electron chi connectivity index (χ0n) is 17.5. The van der Waals surface area contributed by atoms with Gasteiger partial charge in [0.15, 0.2) is 17.0 Å². The van der Waals surface area contributed by atoms with Crippen LogP contribution in [-0.2, 0) is 4.74 Å². The van der Waals surface area contributed by atoms with Crippen molar-refractivity contribution in [2.75, 3.05) is 17.2 Å². The lowest BCUT2D eigenvalue weighted by Crippen LogP contribution is -2.06. The van der Waals surface area contributed by atoms with Crippen molar-refractivity contribution in [3.63, 3.8) is 0 Å². The van der Waals surface area contributed by atoms with Gasteiger partial charge in [0.05, 0.1) is 12.2 Å². The molecule has 0 saturated heterocycles. The number of nitrogens with one attached hydrogen (secondary N) is 2. The first-order chi connectivity index (χ1) is 15.0. The molecule has 0 radical (unpaired) electrons. The van der Waals surface area contributed by atoms with Crippen molar-refractivity contribution in [1.82, 2.24) is 19.9 Å². The van der Waals surface area contributed by atoms with Crippen molar-refractivity contribution in [3.05, 3.63) is 71.5 Å². The average molecular weight is 414 g/mol. The Kier molecular flexibility index (Phi) is 5.70. The molecule has 31 heavy (non-hydrogen) atoms. The van der Waals surface area contributed by atoms with Crippen LogP contribution in [0.3, 0.4) is 0 Å². The predicted molar refractivity (Wildman–Crippen MR) is 120 cm³/mol. The van der Waals surface area contributed by atoms with Crippen LogP contribution in [0.4, 0.5) is 23.1 Å². The zero-order chi connectivity index (χ0) is 21.8. The van der Waals surface area contributed by atoms with Gasteiger partial charge in [-0.05, 0) is 56.7 Å². The number of esters is 1. The number of aryl methyl sites for hydroxylation is 2. The number of aromatic nitrogens is 4. The fraction of sp³-hybridized carbons (Fsp3) is 0.174. The Labute approximate surface area is 179 Å². The highest BCUT2D eigenvalue weighted by Crippen LogP contribution is 2.26. The van der Waals surface area contributed by atoms with Gasteiger partial charge in [0.1, 0.15) is 0 Å². The topological polar surface area (TPSA) is 102 Å². The SMILES string of the molecule is CCOC(=O)c1ccc(Nc2nc(Nc3ccc(C)cc3C)c3nccnc3n2)cc1. The molecule has 8 nitrogen and oxygen atoms in total. The van der Waals surface area contributed by atoms with Crippen LogP contribution < -0.4 is 10.6 Å². The minimum atomic E-state index is -0.355. The molecule has 4 rings (SSSR count). The highest BCUT2D eigenvalue weighted by atomic mass is 16.5. The average Bonchev–Trinajstić information content (AvgIpc) is 2.76. The summed E-state index contributed by atoms with van der Waals surface area (Å²) in [6, 6.07) is 13.1. The first kappa shape index (κ1) is 20.2. The molecule has 8 heteroatoms. The number of fused-ring (bicyclic) bond motifs is 1. The molecule has 0 fully saturated rings. The molecule has 0 atom stereocenters. The second kappa shape index (κ2) is 8.74. The summed E-state index contributed by atoms with van der Waals surface area (Å²) >= 11 is 0. The third-order valence-electron chi connectivity index (χ3n) is 4.62. The van der Waals surface area contributed by atoms with Gasteiger partial charge in [-0.25, -0.2) is 14.8 Å². The Morgan fingerprint density at radius 1 is 0.968 bits per heavy atom. The summed E-state index contributed by atoms with van der Waals surface area (Å²) in [6.45, 7) is 6.20. The van der Waals surface area contributed by atoms with E-state index in [9.17, 15) is 4.79 Å². The van der Waals surface area contributed by atoms with Crippen LogP contribution in [0.1, 0.15) is 28.4 Å². The fourth-order valence-electron chi connectivity index (χ4n) is 3.12. The second-order valence-corrected chi connectivity index (χ2v) is 6.99. The molecule has 4 aromatic rings. The zero-order valence-corrected chi connectivity index (χ0v) is 17.5. The van der Waals surface area contributed by atoms with Gasteiger partial charge < -0.3 is 15.4 Å². The van der Waals surface area contributed by atoms with Crippen LogP contribution in [0, 0.1) is 13.8 Å². The largest absolute Gasteiger partial charge is 0.462 e. The van der Waals surface area contributed by atoms with E-state index in [-0.39, 0.29) is 5.97 Å². The fourth-order valence-corrected chi connectivity index (χ4v) is 3.12. The summed E-state index contributed by atoms with van der Waals surface area (Å²) in [5.74, 6) is 0.561. The second-order valence-electron chi connectivity index (χ2n) is 6.99. The molecule has 2 heterocycles. The molecule has 2 N–H and O–H groups in total. The number of benzene rings is 2. The molecule has 0 saturated carbocycles. The molecule has 2 aromatic heterocycles. The predicted octanol–water partition coefficient (Wildman–Crippen LogP) is 4.70. The molecule has 0 spiro atoms. The van der Waals surface area contributed by atoms with E-state index in [1.165, 1.54) is 5.56 Å². The maximum absolute atomic E-state index is 11.8. The number of ether oxygens (including phenoxy) is 1. The van der Waals surface area contributed by atoms with E-state index < -0.39 is 0 Å². The van der Waals surface area contributed by atoms with Crippen molar-refractivity contribution in [3.8, 4) is 0 Å². The standard InChI is InChI=1S/C23H22N6O2/c1-4-31-22(30)16-6-8-17(9-7-16)26-23-28-20-19(24-11-12-25-20)21(29-23)27-18-10-5-14(2)13-15(18)3/h5-13H,4H2,1-3H3,(H2,25,26,27,28,29). The Morgan fingerprint density at radius 2 is 1.74 bits per heavy atom. The molecular weight excluding hydrogens is 392 g/mol. The molecule has 0 amide bonds. The van der Waals surface area contributed by atoms with Gasteiger partial charge >= 0.3 is 5.97 Å². The number of rotatable bonds is 6. The Morgan fingerprint density at radius 3 is 2.48 bits per heavy atom. The van der Waals surface area contributed by atoms with Crippen LogP contribution in [0.2, 0.25) is 0 Å². The van der Waals surface area contributed by atoms with E-state index in [0.717, 1.165) is 16.9 Å². The molecule has 0 aliphatic carbocycles. The van der Waals surface area contributed by atoms with Gasteiger partial charge in [0, 0.05) is 23.8 Å². The number of carbonyl (C=O) groups excluding carboxylic acids is 1. The van der Waals surface area contributed by atoms with Gasteiger partial charge in [0.25, 0.3) is 0 Å². The van der Waals surface area contributed by atoms with Gasteiger partial charge in [-0.2, -0.15) is 9.97 Å². The minimum Gasteiger partial charge on any atom is -0.462 e. The van der Waals surface area contributed by atoms with Crippen LogP contribution in [-0.4, -0.2) is 32.5 Å². The van der Waals surface area contributed by atoms with Crippen molar-refractivity contribution in [2.24, 2.45) is 0 Å². The van der Waals surface area contributed by atoms with E-state index in [1.807, 2.05) is 19.1 Å². The Hall–Kier alpha value is -4.07. The quantitative estimate of drug-likeness (QED) is 0.438. The normalized spacial score (nSPS) is 10.7. The van der Waals surface area contributed by atoms with Crippen molar-refractivity contribution < 1.29 is 9.53 Å². The number of hydrogen-bond acceptors (Lipinski definition) is 8. The van der Waals surface area contributed by atoms with E-state index in [1.54, 1.807) is 43.6 Å². The molecule has 0 aliphatic rings. The van der Waals surface area contributed by atoms with E-state index in [2.05, 4.69) is 43.6 Å². The maximum Gasteiger partial charge on any atom is 0.338 e. The lowest BCUT2D eigenvalue weighted by Gasteiger charge is -2.13. The van der Waals surface area contributed by atoms with Crippen LogP contribution in [0.5, 0.6) is 0 Å². The highest BCUT2D eigenvalue weighted by molar-refractivity contribution is 5.90. The summed E-state index contributed by atoms with van der Waals surface area (Å²) in [4.78, 5) is 29.6. The lowest BCUT2D eigenvalue weighted by atomic mass is 10.1. The van der Waals surface area contributed by atoms with E-state index in [4.69, 9.17) is 4.74 Å². The number of anilines is 4. The minimum absolute atomic E-state index is 0.334. The van der Waals surface area contributed by atoms with Gasteiger partial charge in [0.2, 0.25) is 5.95 Å². The Balaban J connectivity index is 1.65. The first-order valence-corrected chi connectivity index (χ1v) is 9.90. The third-order valence-corrected chi connectivity index (χ3v) is 4.62. The van der Waals surface area contributed by atoms with Crippen molar-refractivity contribution >= 4 is 40.3 Å². The summed E-state index contributed by atoms with van der Waals surface area (Å²) < 4.78 is 5.02. The molecule has 0 aliphatic heterocycles.